The van der Waals surface area contributed by atoms with Crippen LogP contribution in [0.1, 0.15) is 16.8 Å². The predicted octanol–water partition coefficient (Wildman–Crippen LogP) is 2.20. The highest BCUT2D eigenvalue weighted by Crippen LogP contribution is 2.20. The van der Waals surface area contributed by atoms with E-state index in [-0.39, 0.29) is 11.6 Å². The molecule has 0 radical (unpaired) electrons. The van der Waals surface area contributed by atoms with Crippen LogP contribution in [0.5, 0.6) is 0 Å². The second-order valence-electron chi connectivity index (χ2n) is 3.94. The molecule has 1 atom stereocenters. The van der Waals surface area contributed by atoms with E-state index < -0.39 is 4.92 Å². The molecule has 0 aromatic heterocycles. The van der Waals surface area contributed by atoms with Gasteiger partial charge in [-0.1, -0.05) is 15.9 Å². The third kappa shape index (κ3) is 2.63. The molecule has 90 valence electrons. The smallest absolute Gasteiger partial charge is 0.269 e. The summed E-state index contributed by atoms with van der Waals surface area (Å²) in [5.41, 5.74) is 0.499. The minimum atomic E-state index is -0.474. The Balaban J connectivity index is 2.12. The van der Waals surface area contributed by atoms with Crippen LogP contribution in [0.25, 0.3) is 0 Å². The number of rotatable bonds is 2. The fourth-order valence-corrected chi connectivity index (χ4v) is 2.36. The normalized spacial score (nSPS) is 19.4. The van der Waals surface area contributed by atoms with Crippen LogP contribution in [0.2, 0.25) is 0 Å². The summed E-state index contributed by atoms with van der Waals surface area (Å²) in [5.74, 6) is -0.0677. The summed E-state index contributed by atoms with van der Waals surface area (Å²) in [4.78, 5) is 24.1. The monoisotopic (exact) mass is 298 g/mol. The van der Waals surface area contributed by atoms with Gasteiger partial charge in [-0.25, -0.2) is 0 Å². The van der Waals surface area contributed by atoms with E-state index in [0.717, 1.165) is 13.0 Å². The van der Waals surface area contributed by atoms with E-state index in [2.05, 4.69) is 15.9 Å². The molecular formula is C11H11BrN2O3. The van der Waals surface area contributed by atoms with Crippen molar-refractivity contribution in [3.05, 3.63) is 39.9 Å². The number of carbonyl (C=O) groups excluding carboxylic acids is 1. The van der Waals surface area contributed by atoms with Crippen LogP contribution in [0.4, 0.5) is 5.69 Å². The molecule has 1 aromatic rings. The van der Waals surface area contributed by atoms with Crippen LogP contribution < -0.4 is 0 Å². The number of amides is 1. The zero-order chi connectivity index (χ0) is 12.4. The predicted molar refractivity (Wildman–Crippen MR) is 66.3 cm³/mol. The zero-order valence-electron chi connectivity index (χ0n) is 9.01. The number of nitrogens with zero attached hydrogens (tertiary/aromatic N) is 2. The molecule has 1 amide bonds. The Hall–Kier alpha value is -1.43. The molecule has 0 N–H and O–H groups in total. The van der Waals surface area contributed by atoms with Gasteiger partial charge >= 0.3 is 0 Å². The van der Waals surface area contributed by atoms with Gasteiger partial charge in [-0.2, -0.15) is 0 Å². The van der Waals surface area contributed by atoms with Crippen LogP contribution in [-0.4, -0.2) is 33.6 Å². The van der Waals surface area contributed by atoms with Crippen molar-refractivity contribution in [2.24, 2.45) is 0 Å². The van der Waals surface area contributed by atoms with Crippen molar-refractivity contribution in [1.82, 2.24) is 4.90 Å². The number of alkyl halides is 1. The van der Waals surface area contributed by atoms with Crippen molar-refractivity contribution in [1.29, 1.82) is 0 Å². The van der Waals surface area contributed by atoms with E-state index in [0.29, 0.717) is 16.9 Å². The number of non-ortho nitro benzene ring substituents is 1. The molecule has 6 heteroatoms. The Kier molecular flexibility index (Phi) is 3.42. The molecule has 0 aliphatic carbocycles. The Morgan fingerprint density at radius 2 is 2.06 bits per heavy atom. The summed E-state index contributed by atoms with van der Waals surface area (Å²) in [6.07, 6.45) is 0.943. The first-order valence-corrected chi connectivity index (χ1v) is 6.17. The fraction of sp³-hybridized carbons (Fsp3) is 0.364. The SMILES string of the molecule is O=C(c1ccc([N+](=O)[O-])cc1)N1CCC(Br)C1. The molecule has 1 aliphatic rings. The lowest BCUT2D eigenvalue weighted by Crippen LogP contribution is -2.28. The Bertz CT molecular complexity index is 447. The number of hydrogen-bond acceptors (Lipinski definition) is 3. The van der Waals surface area contributed by atoms with E-state index in [1.807, 2.05) is 0 Å². The summed E-state index contributed by atoms with van der Waals surface area (Å²) < 4.78 is 0. The van der Waals surface area contributed by atoms with Crippen molar-refractivity contribution < 1.29 is 9.72 Å². The van der Waals surface area contributed by atoms with E-state index >= 15 is 0 Å². The highest BCUT2D eigenvalue weighted by Gasteiger charge is 2.25. The first-order chi connectivity index (χ1) is 8.08. The highest BCUT2D eigenvalue weighted by molar-refractivity contribution is 9.09. The minimum Gasteiger partial charge on any atom is -0.337 e. The summed E-state index contributed by atoms with van der Waals surface area (Å²) in [7, 11) is 0. The van der Waals surface area contributed by atoms with Crippen molar-refractivity contribution >= 4 is 27.5 Å². The van der Waals surface area contributed by atoms with Crippen molar-refractivity contribution in [2.45, 2.75) is 11.2 Å². The van der Waals surface area contributed by atoms with Gasteiger partial charge < -0.3 is 4.90 Å². The molecule has 1 heterocycles. The lowest BCUT2D eigenvalue weighted by Gasteiger charge is -2.15. The van der Waals surface area contributed by atoms with Gasteiger partial charge in [0.25, 0.3) is 11.6 Å². The van der Waals surface area contributed by atoms with Gasteiger partial charge in [0.2, 0.25) is 0 Å². The molecule has 1 fully saturated rings. The number of halogens is 1. The van der Waals surface area contributed by atoms with E-state index in [4.69, 9.17) is 0 Å². The number of nitro groups is 1. The number of carbonyl (C=O) groups is 1. The molecule has 1 unspecified atom stereocenters. The van der Waals surface area contributed by atoms with Crippen LogP contribution in [0.3, 0.4) is 0 Å². The molecule has 1 aliphatic heterocycles. The second-order valence-corrected chi connectivity index (χ2v) is 5.24. The molecule has 0 saturated carbocycles. The quantitative estimate of drug-likeness (QED) is 0.478. The molecule has 2 rings (SSSR count). The van der Waals surface area contributed by atoms with Crippen molar-refractivity contribution in [3.8, 4) is 0 Å². The van der Waals surface area contributed by atoms with Crippen LogP contribution in [0.15, 0.2) is 24.3 Å². The average molecular weight is 299 g/mol. The Morgan fingerprint density at radius 3 is 2.53 bits per heavy atom. The third-order valence-electron chi connectivity index (χ3n) is 2.74. The molecule has 17 heavy (non-hydrogen) atoms. The molecule has 0 spiro atoms. The molecule has 1 aromatic carbocycles. The first kappa shape index (κ1) is 12.0. The molecule has 1 saturated heterocycles. The van der Waals surface area contributed by atoms with Gasteiger partial charge in [0.1, 0.15) is 0 Å². The number of benzene rings is 1. The number of hydrogen-bond donors (Lipinski definition) is 0. The lowest BCUT2D eigenvalue weighted by atomic mass is 10.2. The van der Waals surface area contributed by atoms with Crippen molar-refractivity contribution in [3.63, 3.8) is 0 Å². The van der Waals surface area contributed by atoms with Crippen LogP contribution in [-0.2, 0) is 0 Å². The second kappa shape index (κ2) is 4.83. The topological polar surface area (TPSA) is 63.4 Å². The lowest BCUT2D eigenvalue weighted by molar-refractivity contribution is -0.384. The summed E-state index contributed by atoms with van der Waals surface area (Å²) in [5, 5.41) is 10.5. The van der Waals surface area contributed by atoms with Gasteiger partial charge in [-0.15, -0.1) is 0 Å². The summed E-state index contributed by atoms with van der Waals surface area (Å²) in [6, 6.07) is 5.72. The molecule has 0 bridgehead atoms. The van der Waals surface area contributed by atoms with E-state index in [9.17, 15) is 14.9 Å². The summed E-state index contributed by atoms with van der Waals surface area (Å²) in [6.45, 7) is 1.42. The van der Waals surface area contributed by atoms with Gasteiger partial charge in [-0.3, -0.25) is 14.9 Å². The maximum Gasteiger partial charge on any atom is 0.269 e. The maximum atomic E-state index is 12.0. The van der Waals surface area contributed by atoms with Gasteiger partial charge in [0.05, 0.1) is 4.92 Å². The van der Waals surface area contributed by atoms with Gasteiger partial charge in [0.15, 0.2) is 0 Å². The van der Waals surface area contributed by atoms with E-state index in [1.54, 1.807) is 4.90 Å². The largest absolute Gasteiger partial charge is 0.337 e. The van der Waals surface area contributed by atoms with Crippen molar-refractivity contribution in [2.75, 3.05) is 13.1 Å². The number of likely N-dealkylation sites (tertiary alicyclic amines) is 1. The fourth-order valence-electron chi connectivity index (χ4n) is 1.81. The van der Waals surface area contributed by atoms with E-state index in [1.165, 1.54) is 24.3 Å². The Labute approximate surface area is 107 Å². The van der Waals surface area contributed by atoms with Gasteiger partial charge in [-0.05, 0) is 18.6 Å². The third-order valence-corrected chi connectivity index (χ3v) is 3.49. The molecular weight excluding hydrogens is 288 g/mol. The first-order valence-electron chi connectivity index (χ1n) is 5.26. The zero-order valence-corrected chi connectivity index (χ0v) is 10.6. The standard InChI is InChI=1S/C11H11BrN2O3/c12-9-5-6-13(7-9)11(15)8-1-3-10(4-2-8)14(16)17/h1-4,9H,5-7H2. The van der Waals surface area contributed by atoms with Crippen LogP contribution in [0, 0.1) is 10.1 Å². The Morgan fingerprint density at radius 1 is 1.41 bits per heavy atom. The minimum absolute atomic E-state index is 0.00124. The molecule has 5 nitrogen and oxygen atoms in total. The number of nitro benzene ring substituents is 1. The maximum absolute atomic E-state index is 12.0. The average Bonchev–Trinajstić information content (AvgIpc) is 2.75. The van der Waals surface area contributed by atoms with Crippen LogP contribution >= 0.6 is 15.9 Å². The summed E-state index contributed by atoms with van der Waals surface area (Å²) >= 11 is 3.47. The van der Waals surface area contributed by atoms with Gasteiger partial charge in [0, 0.05) is 35.6 Å². The highest BCUT2D eigenvalue weighted by atomic mass is 79.9.